The van der Waals surface area contributed by atoms with E-state index in [0.29, 0.717) is 0 Å². The number of imidazole rings is 1. The second-order valence-electron chi connectivity index (χ2n) is 5.20. The van der Waals surface area contributed by atoms with Crippen LogP contribution in [0.25, 0.3) is 16.2 Å². The number of aromatic nitrogens is 5. The van der Waals surface area contributed by atoms with Gasteiger partial charge in [-0.1, -0.05) is 12.1 Å². The van der Waals surface area contributed by atoms with E-state index in [4.69, 9.17) is 0 Å². The van der Waals surface area contributed by atoms with Crippen molar-refractivity contribution in [2.45, 2.75) is 19.8 Å². The van der Waals surface area contributed by atoms with Crippen molar-refractivity contribution in [3.8, 4) is 10.6 Å². The summed E-state index contributed by atoms with van der Waals surface area (Å²) in [4.78, 5) is 13.7. The summed E-state index contributed by atoms with van der Waals surface area (Å²) >= 11 is 1.70. The Balaban J connectivity index is 1.51. The highest BCUT2D eigenvalue weighted by Gasteiger charge is 2.08. The Labute approximate surface area is 131 Å². The SMILES string of the molecule is Cc1cccn2nc(CCc3nc(-c4cccs4)c[nH]3)nc12. The second-order valence-corrected chi connectivity index (χ2v) is 6.14. The van der Waals surface area contributed by atoms with Crippen molar-refractivity contribution in [3.63, 3.8) is 0 Å². The van der Waals surface area contributed by atoms with E-state index in [2.05, 4.69) is 31.5 Å². The molecule has 0 aliphatic rings. The van der Waals surface area contributed by atoms with Gasteiger partial charge in [0.05, 0.1) is 10.6 Å². The Hall–Kier alpha value is -2.47. The van der Waals surface area contributed by atoms with Gasteiger partial charge in [-0.15, -0.1) is 11.3 Å². The lowest BCUT2D eigenvalue weighted by Crippen LogP contribution is -1.96. The van der Waals surface area contributed by atoms with E-state index >= 15 is 0 Å². The molecule has 0 aromatic carbocycles. The van der Waals surface area contributed by atoms with E-state index in [1.807, 2.05) is 42.0 Å². The molecule has 6 heteroatoms. The van der Waals surface area contributed by atoms with Gasteiger partial charge in [0.15, 0.2) is 11.5 Å². The third-order valence-electron chi connectivity index (χ3n) is 3.59. The minimum Gasteiger partial charge on any atom is -0.348 e. The first kappa shape index (κ1) is 13.2. The zero-order valence-corrected chi connectivity index (χ0v) is 13.0. The zero-order chi connectivity index (χ0) is 14.9. The number of fused-ring (bicyclic) bond motifs is 1. The molecule has 0 bridgehead atoms. The molecule has 4 aromatic heterocycles. The van der Waals surface area contributed by atoms with E-state index in [0.717, 1.165) is 41.4 Å². The molecular formula is C16H15N5S. The summed E-state index contributed by atoms with van der Waals surface area (Å²) in [5.74, 6) is 1.82. The topological polar surface area (TPSA) is 58.9 Å². The van der Waals surface area contributed by atoms with Gasteiger partial charge in [0.2, 0.25) is 0 Å². The largest absolute Gasteiger partial charge is 0.348 e. The summed E-state index contributed by atoms with van der Waals surface area (Å²) in [7, 11) is 0. The summed E-state index contributed by atoms with van der Waals surface area (Å²) in [6.45, 7) is 2.05. The fourth-order valence-corrected chi connectivity index (χ4v) is 3.15. The Morgan fingerprint density at radius 3 is 2.95 bits per heavy atom. The summed E-state index contributed by atoms with van der Waals surface area (Å²) < 4.78 is 1.84. The van der Waals surface area contributed by atoms with Crippen molar-refractivity contribution >= 4 is 17.0 Å². The van der Waals surface area contributed by atoms with Crippen molar-refractivity contribution in [1.82, 2.24) is 24.6 Å². The summed E-state index contributed by atoms with van der Waals surface area (Å²) in [5, 5.41) is 6.57. The second kappa shape index (κ2) is 5.38. The molecule has 0 aliphatic heterocycles. The van der Waals surface area contributed by atoms with Crippen LogP contribution in [0.1, 0.15) is 17.2 Å². The van der Waals surface area contributed by atoms with E-state index in [-0.39, 0.29) is 0 Å². The lowest BCUT2D eigenvalue weighted by atomic mass is 10.3. The minimum absolute atomic E-state index is 0.776. The molecule has 5 nitrogen and oxygen atoms in total. The maximum atomic E-state index is 4.63. The van der Waals surface area contributed by atoms with Crippen LogP contribution >= 0.6 is 11.3 Å². The molecule has 0 fully saturated rings. The number of aromatic amines is 1. The third kappa shape index (κ3) is 2.42. The molecule has 1 N–H and O–H groups in total. The van der Waals surface area contributed by atoms with Gasteiger partial charge in [0.25, 0.3) is 0 Å². The van der Waals surface area contributed by atoms with E-state index in [1.165, 1.54) is 4.88 Å². The maximum Gasteiger partial charge on any atom is 0.158 e. The number of thiophene rings is 1. The molecule has 4 heterocycles. The van der Waals surface area contributed by atoms with E-state index in [1.54, 1.807) is 11.3 Å². The first-order chi connectivity index (χ1) is 10.8. The molecule has 0 atom stereocenters. The number of aryl methyl sites for hydroxylation is 3. The molecule has 0 aliphatic carbocycles. The Bertz CT molecular complexity index is 904. The number of nitrogens with zero attached hydrogens (tertiary/aromatic N) is 4. The van der Waals surface area contributed by atoms with Crippen molar-refractivity contribution in [1.29, 1.82) is 0 Å². The highest BCUT2D eigenvalue weighted by atomic mass is 32.1. The average Bonchev–Trinajstić information content (AvgIpc) is 3.25. The van der Waals surface area contributed by atoms with Gasteiger partial charge in [-0.3, -0.25) is 0 Å². The number of nitrogens with one attached hydrogen (secondary N) is 1. The molecule has 4 aromatic rings. The first-order valence-electron chi connectivity index (χ1n) is 7.18. The average molecular weight is 309 g/mol. The predicted molar refractivity (Wildman–Crippen MR) is 87.0 cm³/mol. The normalized spacial score (nSPS) is 11.3. The minimum atomic E-state index is 0.776. The van der Waals surface area contributed by atoms with Crippen LogP contribution in [0.15, 0.2) is 42.0 Å². The number of H-pyrrole nitrogens is 1. The Morgan fingerprint density at radius 2 is 2.14 bits per heavy atom. The lowest BCUT2D eigenvalue weighted by Gasteiger charge is -1.92. The molecule has 4 rings (SSSR count). The van der Waals surface area contributed by atoms with Gasteiger partial charge in [0, 0.05) is 25.2 Å². The number of hydrogen-bond acceptors (Lipinski definition) is 4. The molecule has 0 saturated heterocycles. The smallest absolute Gasteiger partial charge is 0.158 e. The monoisotopic (exact) mass is 309 g/mol. The number of pyridine rings is 1. The first-order valence-corrected chi connectivity index (χ1v) is 8.06. The van der Waals surface area contributed by atoms with Crippen LogP contribution in [0.4, 0.5) is 0 Å². The van der Waals surface area contributed by atoms with Gasteiger partial charge in [-0.05, 0) is 30.0 Å². The van der Waals surface area contributed by atoms with Crippen LogP contribution in [-0.4, -0.2) is 24.6 Å². The van der Waals surface area contributed by atoms with Crippen molar-refractivity contribution in [2.24, 2.45) is 0 Å². The Kier molecular flexibility index (Phi) is 3.23. The van der Waals surface area contributed by atoms with Crippen LogP contribution in [0, 0.1) is 6.92 Å². The quantitative estimate of drug-likeness (QED) is 0.629. The highest BCUT2D eigenvalue weighted by molar-refractivity contribution is 7.13. The van der Waals surface area contributed by atoms with Gasteiger partial charge in [-0.25, -0.2) is 14.5 Å². The maximum absolute atomic E-state index is 4.63. The van der Waals surface area contributed by atoms with Gasteiger partial charge in [-0.2, -0.15) is 5.10 Å². The Morgan fingerprint density at radius 1 is 1.18 bits per heavy atom. The van der Waals surface area contributed by atoms with Crippen LogP contribution in [0.2, 0.25) is 0 Å². The molecule has 0 amide bonds. The molecule has 0 spiro atoms. The standard InChI is InChI=1S/C16H15N5S/c1-11-4-2-8-21-16(11)19-15(20-21)7-6-14-17-10-12(18-14)13-5-3-9-22-13/h2-5,8-10H,6-7H2,1H3,(H,17,18). The summed E-state index contributed by atoms with van der Waals surface area (Å²) in [6, 6.07) is 8.16. The fourth-order valence-electron chi connectivity index (χ4n) is 2.46. The highest BCUT2D eigenvalue weighted by Crippen LogP contribution is 2.22. The summed E-state index contributed by atoms with van der Waals surface area (Å²) in [6.07, 6.45) is 5.48. The van der Waals surface area contributed by atoms with Crippen LogP contribution in [-0.2, 0) is 12.8 Å². The zero-order valence-electron chi connectivity index (χ0n) is 12.2. The molecule has 22 heavy (non-hydrogen) atoms. The van der Waals surface area contributed by atoms with E-state index < -0.39 is 0 Å². The predicted octanol–water partition coefficient (Wildman–Crippen LogP) is 3.27. The molecule has 0 unspecified atom stereocenters. The number of hydrogen-bond donors (Lipinski definition) is 1. The molecule has 0 radical (unpaired) electrons. The van der Waals surface area contributed by atoms with Crippen molar-refractivity contribution in [3.05, 3.63) is 59.3 Å². The molecule has 0 saturated carbocycles. The molecular weight excluding hydrogens is 294 g/mol. The van der Waals surface area contributed by atoms with Crippen LogP contribution in [0.5, 0.6) is 0 Å². The lowest BCUT2D eigenvalue weighted by molar-refractivity contribution is 0.807. The van der Waals surface area contributed by atoms with Crippen LogP contribution in [0.3, 0.4) is 0 Å². The third-order valence-corrected chi connectivity index (χ3v) is 4.48. The van der Waals surface area contributed by atoms with Crippen LogP contribution < -0.4 is 0 Å². The van der Waals surface area contributed by atoms with Gasteiger partial charge in [0.1, 0.15) is 5.82 Å². The van der Waals surface area contributed by atoms with Crippen molar-refractivity contribution in [2.75, 3.05) is 0 Å². The van der Waals surface area contributed by atoms with Gasteiger partial charge < -0.3 is 4.98 Å². The van der Waals surface area contributed by atoms with E-state index in [9.17, 15) is 0 Å². The fraction of sp³-hybridized carbons (Fsp3) is 0.188. The molecule has 110 valence electrons. The van der Waals surface area contributed by atoms with Crippen molar-refractivity contribution < 1.29 is 0 Å². The number of rotatable bonds is 4. The van der Waals surface area contributed by atoms with Gasteiger partial charge >= 0.3 is 0 Å². The summed E-state index contributed by atoms with van der Waals surface area (Å²) in [5.41, 5.74) is 3.07.